The fourth-order valence-corrected chi connectivity index (χ4v) is 2.98. The number of amides is 1. The minimum absolute atomic E-state index is 0. The van der Waals surface area contributed by atoms with Crippen molar-refractivity contribution < 1.29 is 9.63 Å². The monoisotopic (exact) mass is 356 g/mol. The van der Waals surface area contributed by atoms with Crippen LogP contribution in [-0.2, 0) is 9.63 Å². The van der Waals surface area contributed by atoms with E-state index in [0.717, 1.165) is 44.2 Å². The third-order valence-corrected chi connectivity index (χ3v) is 4.28. The molecule has 1 unspecified atom stereocenters. The highest BCUT2D eigenvalue weighted by Gasteiger charge is 2.28. The molecule has 24 heavy (non-hydrogen) atoms. The van der Waals surface area contributed by atoms with Gasteiger partial charge in [0.15, 0.2) is 0 Å². The van der Waals surface area contributed by atoms with Gasteiger partial charge in [-0.25, -0.2) is 0 Å². The fraction of sp³-hybridized carbons (Fsp3) is 0.824. The van der Waals surface area contributed by atoms with Crippen LogP contribution in [0.5, 0.6) is 0 Å². The number of halogens is 1. The standard InChI is InChI=1S/C17H28N4O2.ClH/c1-17(2,3)23-20-14-8-6-13(7-9-14)19-12-16(22)21-10-4-5-15(21)11-18;/h13,15,19H,4-10,12H2,1-3H3;1H. The quantitative estimate of drug-likeness (QED) is 0.785. The van der Waals surface area contributed by atoms with Gasteiger partial charge in [0.1, 0.15) is 11.6 Å². The maximum absolute atomic E-state index is 12.2. The lowest BCUT2D eigenvalue weighted by Crippen LogP contribution is -2.44. The molecule has 0 spiro atoms. The lowest BCUT2D eigenvalue weighted by Gasteiger charge is -2.26. The van der Waals surface area contributed by atoms with Crippen LogP contribution in [0.15, 0.2) is 5.16 Å². The van der Waals surface area contributed by atoms with E-state index in [1.807, 2.05) is 20.8 Å². The zero-order valence-corrected chi connectivity index (χ0v) is 15.7. The average molecular weight is 357 g/mol. The van der Waals surface area contributed by atoms with Crippen LogP contribution in [-0.4, -0.2) is 47.3 Å². The normalized spacial score (nSPS) is 24.1. The first-order chi connectivity index (χ1) is 10.9. The molecule has 0 aromatic rings. The molecule has 7 heteroatoms. The van der Waals surface area contributed by atoms with Crippen LogP contribution in [0.1, 0.15) is 59.3 Å². The van der Waals surface area contributed by atoms with Crippen molar-refractivity contribution in [1.29, 1.82) is 5.26 Å². The summed E-state index contributed by atoms with van der Waals surface area (Å²) in [7, 11) is 0. The number of hydrogen-bond acceptors (Lipinski definition) is 5. The van der Waals surface area contributed by atoms with Gasteiger partial charge in [-0.3, -0.25) is 4.79 Å². The van der Waals surface area contributed by atoms with Crippen molar-refractivity contribution in [3.8, 4) is 6.07 Å². The second kappa shape index (κ2) is 9.24. The van der Waals surface area contributed by atoms with Gasteiger partial charge in [-0.1, -0.05) is 5.16 Å². The highest BCUT2D eigenvalue weighted by Crippen LogP contribution is 2.19. The van der Waals surface area contributed by atoms with Gasteiger partial charge in [-0.05, 0) is 59.3 Å². The van der Waals surface area contributed by atoms with Crippen LogP contribution >= 0.6 is 12.4 Å². The second-order valence-corrected chi connectivity index (χ2v) is 7.39. The Bertz CT molecular complexity index is 486. The molecule has 1 aliphatic heterocycles. The molecule has 1 saturated heterocycles. The molecule has 1 atom stereocenters. The van der Waals surface area contributed by atoms with Crippen molar-refractivity contribution in [3.05, 3.63) is 0 Å². The van der Waals surface area contributed by atoms with Crippen LogP contribution < -0.4 is 5.32 Å². The Kier molecular flexibility index (Phi) is 7.98. The fourth-order valence-electron chi connectivity index (χ4n) is 2.98. The lowest BCUT2D eigenvalue weighted by molar-refractivity contribution is -0.130. The molecule has 1 aliphatic carbocycles. The smallest absolute Gasteiger partial charge is 0.237 e. The van der Waals surface area contributed by atoms with Crippen molar-refractivity contribution in [2.24, 2.45) is 5.16 Å². The molecule has 0 radical (unpaired) electrons. The summed E-state index contributed by atoms with van der Waals surface area (Å²) in [6.07, 6.45) is 5.50. The van der Waals surface area contributed by atoms with E-state index >= 15 is 0 Å². The molecule has 136 valence electrons. The first-order valence-electron chi connectivity index (χ1n) is 8.55. The third kappa shape index (κ3) is 6.29. The number of rotatable bonds is 4. The average Bonchev–Trinajstić information content (AvgIpc) is 2.99. The van der Waals surface area contributed by atoms with Crippen molar-refractivity contribution in [3.63, 3.8) is 0 Å². The molecule has 1 N–H and O–H groups in total. The summed E-state index contributed by atoms with van der Waals surface area (Å²) in [6.45, 7) is 7.01. The molecule has 6 nitrogen and oxygen atoms in total. The molecular weight excluding hydrogens is 328 g/mol. The summed E-state index contributed by atoms with van der Waals surface area (Å²) < 4.78 is 0. The summed E-state index contributed by atoms with van der Waals surface area (Å²) in [6, 6.07) is 2.32. The van der Waals surface area contributed by atoms with Crippen LogP contribution in [0.25, 0.3) is 0 Å². The number of nitrogens with zero attached hydrogens (tertiary/aromatic N) is 3. The van der Waals surface area contributed by atoms with Crippen molar-refractivity contribution >= 4 is 24.0 Å². The maximum Gasteiger partial charge on any atom is 0.237 e. The van der Waals surface area contributed by atoms with Gasteiger partial charge in [-0.15, -0.1) is 12.4 Å². The van der Waals surface area contributed by atoms with Gasteiger partial charge in [-0.2, -0.15) is 5.26 Å². The summed E-state index contributed by atoms with van der Waals surface area (Å²) in [5, 5.41) is 16.6. The van der Waals surface area contributed by atoms with E-state index < -0.39 is 0 Å². The van der Waals surface area contributed by atoms with E-state index in [4.69, 9.17) is 10.1 Å². The van der Waals surface area contributed by atoms with Gasteiger partial charge in [0.2, 0.25) is 5.91 Å². The molecular formula is C17H29ClN4O2. The number of nitriles is 1. The van der Waals surface area contributed by atoms with E-state index in [1.165, 1.54) is 0 Å². The van der Waals surface area contributed by atoms with Gasteiger partial charge < -0.3 is 15.1 Å². The minimum atomic E-state index is -0.248. The Morgan fingerprint density at radius 1 is 1.38 bits per heavy atom. The predicted octanol–water partition coefficient (Wildman–Crippen LogP) is 2.63. The number of nitrogens with one attached hydrogen (secondary N) is 1. The number of oxime groups is 1. The topological polar surface area (TPSA) is 77.7 Å². The summed E-state index contributed by atoms with van der Waals surface area (Å²) in [4.78, 5) is 19.4. The van der Waals surface area contributed by atoms with Crippen LogP contribution in [0.4, 0.5) is 0 Å². The molecule has 0 aromatic heterocycles. The van der Waals surface area contributed by atoms with Crippen LogP contribution in [0.3, 0.4) is 0 Å². The number of hydrogen-bond donors (Lipinski definition) is 1. The van der Waals surface area contributed by atoms with Crippen molar-refractivity contribution in [2.75, 3.05) is 13.1 Å². The molecule has 2 rings (SSSR count). The van der Waals surface area contributed by atoms with E-state index in [1.54, 1.807) is 4.90 Å². The molecule has 2 aliphatic rings. The Morgan fingerprint density at radius 2 is 2.04 bits per heavy atom. The molecule has 1 amide bonds. The van der Waals surface area contributed by atoms with Gasteiger partial charge in [0.25, 0.3) is 0 Å². The Labute approximate surface area is 151 Å². The van der Waals surface area contributed by atoms with Gasteiger partial charge in [0.05, 0.1) is 18.3 Å². The maximum atomic E-state index is 12.2. The highest BCUT2D eigenvalue weighted by atomic mass is 35.5. The second-order valence-electron chi connectivity index (χ2n) is 7.39. The summed E-state index contributed by atoms with van der Waals surface area (Å²) in [5.74, 6) is 0.0459. The summed E-state index contributed by atoms with van der Waals surface area (Å²) in [5.41, 5.74) is 0.857. The molecule has 1 saturated carbocycles. The molecule has 2 fully saturated rings. The zero-order chi connectivity index (χ0) is 16.9. The van der Waals surface area contributed by atoms with Gasteiger partial charge >= 0.3 is 0 Å². The third-order valence-electron chi connectivity index (χ3n) is 4.28. The SMILES string of the molecule is CC(C)(C)ON=C1CCC(NCC(=O)N2CCCC2C#N)CC1.Cl. The lowest BCUT2D eigenvalue weighted by atomic mass is 9.94. The summed E-state index contributed by atoms with van der Waals surface area (Å²) >= 11 is 0. The van der Waals surface area contributed by atoms with Crippen molar-refractivity contribution in [2.45, 2.75) is 77.0 Å². The molecule has 0 aromatic carbocycles. The van der Waals surface area contributed by atoms with Crippen LogP contribution in [0, 0.1) is 11.3 Å². The van der Waals surface area contributed by atoms with E-state index in [2.05, 4.69) is 16.5 Å². The van der Waals surface area contributed by atoms with E-state index in [-0.39, 0.29) is 30.0 Å². The molecule has 0 bridgehead atoms. The minimum Gasteiger partial charge on any atom is -0.390 e. The Balaban J connectivity index is 0.00000288. The number of likely N-dealkylation sites (tertiary alicyclic amines) is 1. The zero-order valence-electron chi connectivity index (χ0n) is 14.9. The Hall–Kier alpha value is -1.32. The Morgan fingerprint density at radius 3 is 2.62 bits per heavy atom. The van der Waals surface area contributed by atoms with Crippen LogP contribution in [0.2, 0.25) is 0 Å². The largest absolute Gasteiger partial charge is 0.390 e. The van der Waals surface area contributed by atoms with E-state index in [9.17, 15) is 4.79 Å². The predicted molar refractivity (Wildman–Crippen MR) is 96.1 cm³/mol. The van der Waals surface area contributed by atoms with E-state index in [0.29, 0.717) is 19.1 Å². The van der Waals surface area contributed by atoms with Gasteiger partial charge in [0, 0.05) is 12.6 Å². The number of carbonyl (C=O) groups excluding carboxylic acids is 1. The number of carbonyl (C=O) groups is 1. The first-order valence-corrected chi connectivity index (χ1v) is 8.55. The highest BCUT2D eigenvalue weighted by molar-refractivity contribution is 5.85. The van der Waals surface area contributed by atoms with Crippen molar-refractivity contribution in [1.82, 2.24) is 10.2 Å². The molecule has 1 heterocycles. The first kappa shape index (κ1) is 20.7.